The molecule has 2 aromatic heterocycles. The molecule has 0 radical (unpaired) electrons. The van der Waals surface area contributed by atoms with Crippen molar-refractivity contribution in [3.63, 3.8) is 0 Å². The number of likely N-dealkylation sites (tertiary alicyclic amines) is 1. The largest absolute Gasteiger partial charge is 0.472 e. The van der Waals surface area contributed by atoms with Crippen molar-refractivity contribution in [1.29, 1.82) is 0 Å². The third-order valence-corrected chi connectivity index (χ3v) is 4.55. The van der Waals surface area contributed by atoms with Crippen molar-refractivity contribution < 1.29 is 9.53 Å². The molecule has 6 nitrogen and oxygen atoms in total. The highest BCUT2D eigenvalue weighted by molar-refractivity contribution is 5.91. The third kappa shape index (κ3) is 2.81. The summed E-state index contributed by atoms with van der Waals surface area (Å²) >= 11 is 0. The lowest BCUT2D eigenvalue weighted by Gasteiger charge is -2.20. The molecule has 6 heteroatoms. The van der Waals surface area contributed by atoms with Gasteiger partial charge in [-0.25, -0.2) is 9.97 Å². The Morgan fingerprint density at radius 3 is 3.04 bits per heavy atom. The molecule has 1 unspecified atom stereocenters. The lowest BCUT2D eigenvalue weighted by atomic mass is 10.1. The Kier molecular flexibility index (Phi) is 3.73. The van der Waals surface area contributed by atoms with Crippen LogP contribution in [0.5, 0.6) is 5.88 Å². The van der Waals surface area contributed by atoms with Gasteiger partial charge < -0.3 is 14.2 Å². The summed E-state index contributed by atoms with van der Waals surface area (Å²) in [5.74, 6) is 1.22. The highest BCUT2D eigenvalue weighted by atomic mass is 16.5. The molecule has 2 aliphatic rings. The molecule has 1 amide bonds. The summed E-state index contributed by atoms with van der Waals surface area (Å²) < 4.78 is 7.94. The van der Waals surface area contributed by atoms with Gasteiger partial charge in [0.05, 0.1) is 6.54 Å². The summed E-state index contributed by atoms with van der Waals surface area (Å²) in [4.78, 5) is 23.1. The van der Waals surface area contributed by atoms with Gasteiger partial charge in [-0.1, -0.05) is 6.07 Å². The van der Waals surface area contributed by atoms with Crippen molar-refractivity contribution in [2.24, 2.45) is 0 Å². The van der Waals surface area contributed by atoms with Crippen LogP contribution in [0.15, 0.2) is 30.6 Å². The predicted octanol–water partition coefficient (Wildman–Crippen LogP) is 1.91. The summed E-state index contributed by atoms with van der Waals surface area (Å²) in [5, 5.41) is 0. The van der Waals surface area contributed by atoms with Crippen molar-refractivity contribution in [3.8, 4) is 5.88 Å². The van der Waals surface area contributed by atoms with E-state index in [2.05, 4.69) is 14.5 Å². The standard InChI is InChI=1S/C17H20N4O2/c22-17(16-19-11-13-5-2-4-9-21(13)16)20-10-7-14(12-20)23-15-6-1-3-8-18-15/h1,3,6,8,11,14H,2,4-5,7,9-10,12H2. The molecule has 0 N–H and O–H groups in total. The molecule has 1 fully saturated rings. The van der Waals surface area contributed by atoms with Gasteiger partial charge in [0.1, 0.15) is 6.10 Å². The van der Waals surface area contributed by atoms with Crippen LogP contribution in [0.2, 0.25) is 0 Å². The van der Waals surface area contributed by atoms with Gasteiger partial charge in [0, 0.05) is 43.7 Å². The first-order chi connectivity index (χ1) is 11.3. The quantitative estimate of drug-likeness (QED) is 0.868. The van der Waals surface area contributed by atoms with E-state index in [1.165, 1.54) is 12.1 Å². The van der Waals surface area contributed by atoms with Crippen LogP contribution in [0, 0.1) is 0 Å². The second kappa shape index (κ2) is 6.02. The first kappa shape index (κ1) is 14.2. The van der Waals surface area contributed by atoms with Gasteiger partial charge >= 0.3 is 0 Å². The van der Waals surface area contributed by atoms with Gasteiger partial charge in [-0.05, 0) is 25.3 Å². The number of hydrogen-bond acceptors (Lipinski definition) is 4. The van der Waals surface area contributed by atoms with Crippen LogP contribution >= 0.6 is 0 Å². The number of amides is 1. The fraction of sp³-hybridized carbons (Fsp3) is 0.471. The summed E-state index contributed by atoms with van der Waals surface area (Å²) in [6.45, 7) is 2.20. The van der Waals surface area contributed by atoms with Crippen LogP contribution in [0.1, 0.15) is 35.6 Å². The highest BCUT2D eigenvalue weighted by Crippen LogP contribution is 2.21. The van der Waals surface area contributed by atoms with Gasteiger partial charge in [0.2, 0.25) is 5.88 Å². The Morgan fingerprint density at radius 1 is 1.22 bits per heavy atom. The molecule has 0 saturated carbocycles. The zero-order valence-corrected chi connectivity index (χ0v) is 13.0. The van der Waals surface area contributed by atoms with Crippen molar-refractivity contribution >= 4 is 5.91 Å². The van der Waals surface area contributed by atoms with E-state index in [4.69, 9.17) is 4.74 Å². The lowest BCUT2D eigenvalue weighted by molar-refractivity contribution is 0.0753. The molecule has 2 aromatic rings. The minimum Gasteiger partial charge on any atom is -0.472 e. The Bertz CT molecular complexity index is 698. The zero-order chi connectivity index (χ0) is 15.6. The van der Waals surface area contributed by atoms with Gasteiger partial charge in [0.15, 0.2) is 5.82 Å². The highest BCUT2D eigenvalue weighted by Gasteiger charge is 2.31. The molecular formula is C17H20N4O2. The zero-order valence-electron chi connectivity index (χ0n) is 13.0. The number of fused-ring (bicyclic) bond motifs is 1. The molecule has 1 atom stereocenters. The normalized spacial score (nSPS) is 20.3. The van der Waals surface area contributed by atoms with Gasteiger partial charge in [-0.15, -0.1) is 0 Å². The van der Waals surface area contributed by atoms with Gasteiger partial charge in [-0.3, -0.25) is 4.79 Å². The van der Waals surface area contributed by atoms with Crippen molar-refractivity contribution in [2.75, 3.05) is 13.1 Å². The van der Waals surface area contributed by atoms with E-state index < -0.39 is 0 Å². The van der Waals surface area contributed by atoms with Crippen molar-refractivity contribution in [3.05, 3.63) is 42.1 Å². The number of carbonyl (C=O) groups excluding carboxylic acids is 1. The first-order valence-corrected chi connectivity index (χ1v) is 8.22. The Morgan fingerprint density at radius 2 is 2.17 bits per heavy atom. The number of imidazole rings is 1. The summed E-state index contributed by atoms with van der Waals surface area (Å²) in [6, 6.07) is 5.60. The minimum absolute atomic E-state index is 0.00429. The number of rotatable bonds is 3. The van der Waals surface area contributed by atoms with E-state index in [-0.39, 0.29) is 12.0 Å². The monoisotopic (exact) mass is 312 g/mol. The molecule has 1 saturated heterocycles. The van der Waals surface area contributed by atoms with Crippen LogP contribution in [0.3, 0.4) is 0 Å². The van der Waals surface area contributed by atoms with Gasteiger partial charge in [0.25, 0.3) is 5.91 Å². The molecule has 0 aromatic carbocycles. The fourth-order valence-corrected chi connectivity index (χ4v) is 3.34. The molecule has 0 spiro atoms. The second-order valence-corrected chi connectivity index (χ2v) is 6.13. The molecule has 23 heavy (non-hydrogen) atoms. The maximum absolute atomic E-state index is 12.7. The maximum Gasteiger partial charge on any atom is 0.289 e. The van der Waals surface area contributed by atoms with E-state index in [0.717, 1.165) is 25.8 Å². The maximum atomic E-state index is 12.7. The van der Waals surface area contributed by atoms with Gasteiger partial charge in [-0.2, -0.15) is 0 Å². The predicted molar refractivity (Wildman–Crippen MR) is 84.3 cm³/mol. The average molecular weight is 312 g/mol. The van der Waals surface area contributed by atoms with Crippen LogP contribution in [-0.2, 0) is 13.0 Å². The van der Waals surface area contributed by atoms with Crippen molar-refractivity contribution in [1.82, 2.24) is 19.4 Å². The summed E-state index contributed by atoms with van der Waals surface area (Å²) in [7, 11) is 0. The second-order valence-electron chi connectivity index (χ2n) is 6.13. The van der Waals surface area contributed by atoms with E-state index in [0.29, 0.717) is 24.8 Å². The Balaban J connectivity index is 1.43. The Labute approximate surface area is 135 Å². The minimum atomic E-state index is 0.00429. The number of aromatic nitrogens is 3. The van der Waals surface area contributed by atoms with E-state index in [1.54, 1.807) is 6.20 Å². The van der Waals surface area contributed by atoms with Crippen LogP contribution in [0.25, 0.3) is 0 Å². The fourth-order valence-electron chi connectivity index (χ4n) is 3.34. The van der Waals surface area contributed by atoms with Crippen LogP contribution in [0.4, 0.5) is 0 Å². The van der Waals surface area contributed by atoms with Crippen molar-refractivity contribution in [2.45, 2.75) is 38.3 Å². The molecule has 0 aliphatic carbocycles. The molecule has 4 rings (SSSR count). The number of nitrogens with zero attached hydrogens (tertiary/aromatic N) is 4. The summed E-state index contributed by atoms with van der Waals surface area (Å²) in [6.07, 6.45) is 7.72. The molecule has 2 aliphatic heterocycles. The number of ether oxygens (including phenoxy) is 1. The van der Waals surface area contributed by atoms with E-state index in [9.17, 15) is 4.79 Å². The summed E-state index contributed by atoms with van der Waals surface area (Å²) in [5.41, 5.74) is 1.18. The smallest absolute Gasteiger partial charge is 0.289 e. The number of pyridine rings is 1. The molecular weight excluding hydrogens is 292 g/mol. The van der Waals surface area contributed by atoms with E-state index in [1.807, 2.05) is 29.3 Å². The Hall–Kier alpha value is -2.37. The number of hydrogen-bond donors (Lipinski definition) is 0. The topological polar surface area (TPSA) is 60.2 Å². The van der Waals surface area contributed by atoms with Crippen LogP contribution in [-0.4, -0.2) is 44.5 Å². The lowest BCUT2D eigenvalue weighted by Crippen LogP contribution is -2.33. The SMILES string of the molecule is O=C(c1ncc2n1CCCC2)N1CCC(Oc2ccccn2)C1. The third-order valence-electron chi connectivity index (χ3n) is 4.55. The van der Waals surface area contributed by atoms with Crippen LogP contribution < -0.4 is 4.74 Å². The molecule has 4 heterocycles. The number of carbonyl (C=O) groups is 1. The average Bonchev–Trinajstić information content (AvgIpc) is 3.22. The van der Waals surface area contributed by atoms with E-state index >= 15 is 0 Å². The first-order valence-electron chi connectivity index (χ1n) is 8.22. The number of aryl methyl sites for hydroxylation is 1. The molecule has 120 valence electrons. The molecule has 0 bridgehead atoms.